The molecule has 9 heteroatoms. The van der Waals surface area contributed by atoms with E-state index in [1.807, 2.05) is 13.8 Å². The number of aromatic hydroxyl groups is 2. The Bertz CT molecular complexity index is 745. The fraction of sp³-hybridized carbons (Fsp3) is 0.200. The lowest BCUT2D eigenvalue weighted by atomic mass is 10.0. The van der Waals surface area contributed by atoms with Crippen LogP contribution in [0.5, 0.6) is 11.5 Å². The summed E-state index contributed by atoms with van der Waals surface area (Å²) < 4.78 is 12.9. The van der Waals surface area contributed by atoms with Gasteiger partial charge < -0.3 is 10.2 Å². The zero-order valence-electron chi connectivity index (χ0n) is 12.6. The average molecular weight is 441 g/mol. The van der Waals surface area contributed by atoms with Crippen LogP contribution in [-0.2, 0) is 0 Å². The standard InChI is InChI=1S/C9H11ClO.C6H2BrClFNO3/c1-6(2)8-5-7(10)3-4-9(8)11;7-2-1-3(8)4(9)5(6(2)11)10(12)13/h3-6,11H,1-2H3;1,11H. The lowest BCUT2D eigenvalue weighted by Crippen LogP contribution is -1.94. The Hall–Kier alpha value is -1.57. The summed E-state index contributed by atoms with van der Waals surface area (Å²) in [6.45, 7) is 4.04. The third-order valence-electron chi connectivity index (χ3n) is 2.92. The van der Waals surface area contributed by atoms with E-state index in [0.29, 0.717) is 16.7 Å². The summed E-state index contributed by atoms with van der Waals surface area (Å²) in [5.74, 6) is -1.38. The van der Waals surface area contributed by atoms with E-state index in [2.05, 4.69) is 15.9 Å². The second kappa shape index (κ2) is 8.50. The lowest BCUT2D eigenvalue weighted by molar-refractivity contribution is -0.388. The highest BCUT2D eigenvalue weighted by Gasteiger charge is 2.25. The van der Waals surface area contributed by atoms with Crippen LogP contribution in [0, 0.1) is 15.9 Å². The number of phenols is 2. The molecule has 0 saturated carbocycles. The van der Waals surface area contributed by atoms with Crippen molar-refractivity contribution in [3.05, 3.63) is 60.3 Å². The monoisotopic (exact) mass is 439 g/mol. The summed E-state index contributed by atoms with van der Waals surface area (Å²) in [5.41, 5.74) is -0.128. The molecule has 0 aliphatic heterocycles. The maximum absolute atomic E-state index is 12.9. The maximum atomic E-state index is 12.9. The van der Waals surface area contributed by atoms with E-state index in [-0.39, 0.29) is 4.47 Å². The van der Waals surface area contributed by atoms with Crippen LogP contribution in [0.15, 0.2) is 28.7 Å². The van der Waals surface area contributed by atoms with Crippen LogP contribution in [0.4, 0.5) is 10.1 Å². The first-order valence-corrected chi connectivity index (χ1v) is 8.10. The molecule has 24 heavy (non-hydrogen) atoms. The Morgan fingerprint density at radius 3 is 2.29 bits per heavy atom. The van der Waals surface area contributed by atoms with E-state index in [1.54, 1.807) is 18.2 Å². The molecular weight excluding hydrogens is 428 g/mol. The molecule has 2 N–H and O–H groups in total. The molecule has 5 nitrogen and oxygen atoms in total. The number of benzene rings is 2. The molecule has 0 saturated heterocycles. The van der Waals surface area contributed by atoms with Crippen molar-refractivity contribution in [1.29, 1.82) is 0 Å². The number of halogens is 4. The van der Waals surface area contributed by atoms with Crippen LogP contribution >= 0.6 is 39.1 Å². The Kier molecular flexibility index (Phi) is 7.26. The van der Waals surface area contributed by atoms with Gasteiger partial charge in [-0.3, -0.25) is 10.1 Å². The third-order valence-corrected chi connectivity index (χ3v) is 4.03. The summed E-state index contributed by atoms with van der Waals surface area (Å²) >= 11 is 13.9. The molecule has 0 radical (unpaired) electrons. The first kappa shape index (κ1) is 20.5. The Balaban J connectivity index is 0.000000243. The molecular formula is C15H13BrCl2FNO4. The van der Waals surface area contributed by atoms with Gasteiger partial charge in [-0.15, -0.1) is 0 Å². The van der Waals surface area contributed by atoms with Crippen LogP contribution < -0.4 is 0 Å². The normalized spacial score (nSPS) is 10.3. The predicted octanol–water partition coefficient (Wildman–Crippen LogP) is 6.02. The van der Waals surface area contributed by atoms with E-state index < -0.39 is 27.2 Å². The molecule has 2 aromatic carbocycles. The molecule has 0 fully saturated rings. The van der Waals surface area contributed by atoms with Crippen LogP contribution in [0.3, 0.4) is 0 Å². The zero-order valence-corrected chi connectivity index (χ0v) is 15.7. The number of hydrogen-bond donors (Lipinski definition) is 2. The SMILES string of the molecule is CC(C)c1cc(Cl)ccc1O.O=[N+]([O-])c1c(O)c(Br)cc(Cl)c1F. The summed E-state index contributed by atoms with van der Waals surface area (Å²) in [6, 6.07) is 6.14. The van der Waals surface area contributed by atoms with Crippen molar-refractivity contribution >= 4 is 44.8 Å². The van der Waals surface area contributed by atoms with Gasteiger partial charge in [-0.25, -0.2) is 0 Å². The molecule has 2 aromatic rings. The van der Waals surface area contributed by atoms with Crippen LogP contribution in [0.25, 0.3) is 0 Å². The van der Waals surface area contributed by atoms with Crippen molar-refractivity contribution in [3.8, 4) is 11.5 Å². The number of rotatable bonds is 2. The minimum atomic E-state index is -1.24. The first-order chi connectivity index (χ1) is 11.1. The van der Waals surface area contributed by atoms with Gasteiger partial charge in [0.25, 0.3) is 0 Å². The van der Waals surface area contributed by atoms with E-state index in [1.165, 1.54) is 0 Å². The molecule has 0 amide bonds. The molecule has 0 heterocycles. The lowest BCUT2D eigenvalue weighted by Gasteiger charge is -2.07. The van der Waals surface area contributed by atoms with Gasteiger partial charge in [-0.2, -0.15) is 4.39 Å². The van der Waals surface area contributed by atoms with E-state index >= 15 is 0 Å². The topological polar surface area (TPSA) is 83.6 Å². The number of nitro benzene ring substituents is 1. The highest BCUT2D eigenvalue weighted by atomic mass is 79.9. The fourth-order valence-corrected chi connectivity index (χ4v) is 2.66. The van der Waals surface area contributed by atoms with E-state index in [9.17, 15) is 19.6 Å². The minimum Gasteiger partial charge on any atom is -0.508 e. The quantitative estimate of drug-likeness (QED) is 0.339. The van der Waals surface area contributed by atoms with Gasteiger partial charge in [0.15, 0.2) is 0 Å². The number of nitro groups is 1. The van der Waals surface area contributed by atoms with Gasteiger partial charge >= 0.3 is 5.69 Å². The largest absolute Gasteiger partial charge is 0.508 e. The van der Waals surface area contributed by atoms with Crippen LogP contribution in [0.1, 0.15) is 25.3 Å². The summed E-state index contributed by atoms with van der Waals surface area (Å²) in [7, 11) is 0. The number of hydrogen-bond acceptors (Lipinski definition) is 4. The molecule has 0 aromatic heterocycles. The van der Waals surface area contributed by atoms with Gasteiger partial charge in [0.1, 0.15) is 5.75 Å². The first-order valence-electron chi connectivity index (χ1n) is 6.55. The second-order valence-electron chi connectivity index (χ2n) is 4.97. The zero-order chi connectivity index (χ0) is 18.6. The van der Waals surface area contributed by atoms with Crippen molar-refractivity contribution in [1.82, 2.24) is 0 Å². The molecule has 130 valence electrons. The van der Waals surface area contributed by atoms with Crippen molar-refractivity contribution in [2.24, 2.45) is 0 Å². The van der Waals surface area contributed by atoms with Gasteiger partial charge in [0.05, 0.1) is 14.4 Å². The predicted molar refractivity (Wildman–Crippen MR) is 94.6 cm³/mol. The minimum absolute atomic E-state index is 0.0226. The Labute approximate surface area is 155 Å². The van der Waals surface area contributed by atoms with E-state index in [4.69, 9.17) is 28.3 Å². The summed E-state index contributed by atoms with van der Waals surface area (Å²) in [5, 5.41) is 29.0. The molecule has 0 atom stereocenters. The van der Waals surface area contributed by atoms with Gasteiger partial charge in [0.2, 0.25) is 11.6 Å². The van der Waals surface area contributed by atoms with Crippen molar-refractivity contribution in [3.63, 3.8) is 0 Å². The second-order valence-corrected chi connectivity index (χ2v) is 6.66. The molecule has 0 spiro atoms. The fourth-order valence-electron chi connectivity index (χ4n) is 1.73. The number of phenolic OH excluding ortho intramolecular Hbond substituents is 2. The van der Waals surface area contributed by atoms with Crippen LogP contribution in [-0.4, -0.2) is 15.1 Å². The van der Waals surface area contributed by atoms with Gasteiger partial charge in [0, 0.05) is 5.02 Å². The number of nitrogens with zero attached hydrogens (tertiary/aromatic N) is 1. The average Bonchev–Trinajstić information content (AvgIpc) is 2.48. The highest BCUT2D eigenvalue weighted by molar-refractivity contribution is 9.10. The highest BCUT2D eigenvalue weighted by Crippen LogP contribution is 2.39. The van der Waals surface area contributed by atoms with Gasteiger partial charge in [-0.1, -0.05) is 37.0 Å². The summed E-state index contributed by atoms with van der Waals surface area (Å²) in [6.07, 6.45) is 0. The van der Waals surface area contributed by atoms with Gasteiger partial charge in [-0.05, 0) is 51.7 Å². The molecule has 0 aliphatic carbocycles. The molecule has 2 rings (SSSR count). The maximum Gasteiger partial charge on any atom is 0.348 e. The van der Waals surface area contributed by atoms with E-state index in [0.717, 1.165) is 11.6 Å². The third kappa shape index (κ3) is 4.96. The summed E-state index contributed by atoms with van der Waals surface area (Å²) in [4.78, 5) is 9.23. The van der Waals surface area contributed by atoms with Crippen LogP contribution in [0.2, 0.25) is 10.0 Å². The van der Waals surface area contributed by atoms with Crippen molar-refractivity contribution in [2.75, 3.05) is 0 Å². The Morgan fingerprint density at radius 1 is 1.25 bits per heavy atom. The van der Waals surface area contributed by atoms with Crippen molar-refractivity contribution in [2.45, 2.75) is 19.8 Å². The smallest absolute Gasteiger partial charge is 0.348 e. The molecule has 0 unspecified atom stereocenters. The Morgan fingerprint density at radius 2 is 1.83 bits per heavy atom. The van der Waals surface area contributed by atoms with Crippen molar-refractivity contribution < 1.29 is 19.5 Å². The molecule has 0 aliphatic rings. The molecule has 0 bridgehead atoms.